The Kier molecular flexibility index (Phi) is 6.04. The van der Waals surface area contributed by atoms with Crippen molar-refractivity contribution >= 4 is 5.96 Å². The fourth-order valence-corrected chi connectivity index (χ4v) is 2.73. The van der Waals surface area contributed by atoms with Crippen LogP contribution in [0.5, 0.6) is 0 Å². The Balaban J connectivity index is 1.67. The molecule has 0 aliphatic carbocycles. The van der Waals surface area contributed by atoms with Crippen molar-refractivity contribution in [3.8, 4) is 0 Å². The van der Waals surface area contributed by atoms with Crippen LogP contribution in [-0.4, -0.2) is 34.7 Å². The molecule has 0 atom stereocenters. The van der Waals surface area contributed by atoms with E-state index in [-0.39, 0.29) is 0 Å². The zero-order chi connectivity index (χ0) is 18.2. The molecule has 0 spiro atoms. The van der Waals surface area contributed by atoms with E-state index in [0.717, 1.165) is 19.0 Å². The summed E-state index contributed by atoms with van der Waals surface area (Å²) < 4.78 is 1.94. The maximum absolute atomic E-state index is 4.73. The molecule has 5 heteroatoms. The standard InChI is InChI=1S/C21H25N5/c1-25(2)21(22-15-18-9-4-3-5-10-18)23-16-19-11-6-7-12-20(19)17-26-14-8-13-24-26/h3-14H,15-17H2,1-2H3,(H,22,23). The minimum atomic E-state index is 0.663. The highest BCUT2D eigenvalue weighted by Gasteiger charge is 2.06. The second kappa shape index (κ2) is 8.85. The highest BCUT2D eigenvalue weighted by molar-refractivity contribution is 5.79. The first kappa shape index (κ1) is 17.7. The van der Waals surface area contributed by atoms with Crippen molar-refractivity contribution in [3.05, 3.63) is 89.7 Å². The molecule has 0 aliphatic heterocycles. The number of guanidine groups is 1. The number of rotatable bonds is 6. The Morgan fingerprint density at radius 2 is 1.73 bits per heavy atom. The van der Waals surface area contributed by atoms with Crippen LogP contribution in [0.4, 0.5) is 0 Å². The number of nitrogens with one attached hydrogen (secondary N) is 1. The summed E-state index contributed by atoms with van der Waals surface area (Å²) in [6.07, 6.45) is 3.79. The molecule has 5 nitrogen and oxygen atoms in total. The van der Waals surface area contributed by atoms with Gasteiger partial charge in [0.1, 0.15) is 0 Å². The van der Waals surface area contributed by atoms with Crippen LogP contribution < -0.4 is 5.32 Å². The van der Waals surface area contributed by atoms with Crippen molar-refractivity contribution in [3.63, 3.8) is 0 Å². The molecule has 3 aromatic rings. The molecule has 3 rings (SSSR count). The summed E-state index contributed by atoms with van der Waals surface area (Å²) in [5, 5.41) is 7.78. The first-order chi connectivity index (χ1) is 12.7. The van der Waals surface area contributed by atoms with E-state index in [1.807, 2.05) is 54.1 Å². The first-order valence-corrected chi connectivity index (χ1v) is 8.76. The molecule has 1 heterocycles. The van der Waals surface area contributed by atoms with Crippen molar-refractivity contribution in [1.82, 2.24) is 20.0 Å². The molecule has 0 unspecified atom stereocenters. The third-order valence-electron chi connectivity index (χ3n) is 4.12. The zero-order valence-corrected chi connectivity index (χ0v) is 15.3. The number of aliphatic imine (C=N–C) groups is 1. The molecule has 0 saturated carbocycles. The molecule has 1 N–H and O–H groups in total. The summed E-state index contributed by atoms with van der Waals surface area (Å²) in [4.78, 5) is 6.74. The Labute approximate surface area is 155 Å². The maximum atomic E-state index is 4.73. The Bertz CT molecular complexity index is 823. The van der Waals surface area contributed by atoms with Gasteiger partial charge in [-0.2, -0.15) is 5.10 Å². The van der Waals surface area contributed by atoms with Gasteiger partial charge in [0, 0.05) is 33.0 Å². The van der Waals surface area contributed by atoms with Crippen molar-refractivity contribution < 1.29 is 0 Å². The van der Waals surface area contributed by atoms with Crippen molar-refractivity contribution in [1.29, 1.82) is 0 Å². The summed E-state index contributed by atoms with van der Waals surface area (Å²) in [6.45, 7) is 2.16. The smallest absolute Gasteiger partial charge is 0.194 e. The summed E-state index contributed by atoms with van der Waals surface area (Å²) in [5.74, 6) is 0.878. The lowest BCUT2D eigenvalue weighted by Gasteiger charge is -2.19. The van der Waals surface area contributed by atoms with Crippen molar-refractivity contribution in [2.24, 2.45) is 4.99 Å². The van der Waals surface area contributed by atoms with Gasteiger partial charge in [-0.1, -0.05) is 54.6 Å². The number of aromatic nitrogens is 2. The van der Waals surface area contributed by atoms with Crippen LogP contribution in [0, 0.1) is 0 Å². The quantitative estimate of drug-likeness (QED) is 0.550. The Morgan fingerprint density at radius 3 is 2.42 bits per heavy atom. The topological polar surface area (TPSA) is 45.5 Å². The van der Waals surface area contributed by atoms with Gasteiger partial charge in [0.25, 0.3) is 0 Å². The van der Waals surface area contributed by atoms with Crippen LogP contribution in [0.2, 0.25) is 0 Å². The van der Waals surface area contributed by atoms with E-state index in [0.29, 0.717) is 6.54 Å². The van der Waals surface area contributed by atoms with Gasteiger partial charge in [0.15, 0.2) is 5.96 Å². The summed E-state index contributed by atoms with van der Waals surface area (Å²) >= 11 is 0. The van der Waals surface area contributed by atoms with Gasteiger partial charge in [-0.25, -0.2) is 4.99 Å². The molecule has 0 aliphatic rings. The molecular weight excluding hydrogens is 322 g/mol. The van der Waals surface area contributed by atoms with E-state index in [9.17, 15) is 0 Å². The number of hydrogen-bond donors (Lipinski definition) is 1. The second-order valence-corrected chi connectivity index (χ2v) is 6.35. The summed E-state index contributed by atoms with van der Waals surface area (Å²) in [5.41, 5.74) is 3.70. The minimum Gasteiger partial charge on any atom is -0.352 e. The third kappa shape index (κ3) is 4.96. The molecule has 0 bridgehead atoms. The third-order valence-corrected chi connectivity index (χ3v) is 4.12. The van der Waals surface area contributed by atoms with Crippen molar-refractivity contribution in [2.45, 2.75) is 19.6 Å². The lowest BCUT2D eigenvalue weighted by Crippen LogP contribution is -2.36. The van der Waals surface area contributed by atoms with Crippen LogP contribution in [-0.2, 0) is 19.6 Å². The SMILES string of the molecule is CN(C)C(=NCc1ccccc1)NCc1ccccc1Cn1cccn1. The van der Waals surface area contributed by atoms with Crippen LogP contribution in [0.3, 0.4) is 0 Å². The summed E-state index contributed by atoms with van der Waals surface area (Å²) in [6, 6.07) is 20.7. The fraction of sp³-hybridized carbons (Fsp3) is 0.238. The van der Waals surface area contributed by atoms with Crippen LogP contribution in [0.1, 0.15) is 16.7 Å². The van der Waals surface area contributed by atoms with E-state index < -0.39 is 0 Å². The predicted octanol–water partition coefficient (Wildman–Crippen LogP) is 3.14. The van der Waals surface area contributed by atoms with Gasteiger partial charge < -0.3 is 10.2 Å². The molecule has 0 amide bonds. The van der Waals surface area contributed by atoms with Crippen molar-refractivity contribution in [2.75, 3.05) is 14.1 Å². The molecule has 0 fully saturated rings. The van der Waals surface area contributed by atoms with E-state index in [4.69, 9.17) is 4.99 Å². The predicted molar refractivity (Wildman–Crippen MR) is 106 cm³/mol. The van der Waals surface area contributed by atoms with E-state index in [2.05, 4.69) is 46.8 Å². The van der Waals surface area contributed by atoms with Gasteiger partial charge in [0.2, 0.25) is 0 Å². The lowest BCUT2D eigenvalue weighted by molar-refractivity contribution is 0.577. The van der Waals surface area contributed by atoms with Gasteiger partial charge in [0.05, 0.1) is 13.1 Å². The molecule has 26 heavy (non-hydrogen) atoms. The maximum Gasteiger partial charge on any atom is 0.194 e. The minimum absolute atomic E-state index is 0.663. The molecule has 2 aromatic carbocycles. The first-order valence-electron chi connectivity index (χ1n) is 8.76. The van der Waals surface area contributed by atoms with E-state index in [1.165, 1.54) is 16.7 Å². The van der Waals surface area contributed by atoms with Gasteiger partial charge in [-0.3, -0.25) is 4.68 Å². The molecule has 1 aromatic heterocycles. The lowest BCUT2D eigenvalue weighted by atomic mass is 10.1. The highest BCUT2D eigenvalue weighted by Crippen LogP contribution is 2.10. The molecule has 0 radical (unpaired) electrons. The van der Waals surface area contributed by atoms with Crippen LogP contribution in [0.15, 0.2) is 78.0 Å². The van der Waals surface area contributed by atoms with Gasteiger partial charge >= 0.3 is 0 Å². The monoisotopic (exact) mass is 347 g/mol. The zero-order valence-electron chi connectivity index (χ0n) is 15.3. The van der Waals surface area contributed by atoms with E-state index in [1.54, 1.807) is 6.20 Å². The summed E-state index contributed by atoms with van der Waals surface area (Å²) in [7, 11) is 4.01. The Morgan fingerprint density at radius 1 is 1.00 bits per heavy atom. The van der Waals surface area contributed by atoms with Crippen LogP contribution in [0.25, 0.3) is 0 Å². The molecule has 134 valence electrons. The highest BCUT2D eigenvalue weighted by atomic mass is 15.3. The fourth-order valence-electron chi connectivity index (χ4n) is 2.73. The normalized spacial score (nSPS) is 11.4. The average Bonchev–Trinajstić information content (AvgIpc) is 3.16. The molecular formula is C21H25N5. The average molecular weight is 347 g/mol. The largest absolute Gasteiger partial charge is 0.352 e. The number of hydrogen-bond acceptors (Lipinski definition) is 2. The number of benzene rings is 2. The van der Waals surface area contributed by atoms with Gasteiger partial charge in [-0.15, -0.1) is 0 Å². The van der Waals surface area contributed by atoms with E-state index >= 15 is 0 Å². The van der Waals surface area contributed by atoms with Crippen LogP contribution >= 0.6 is 0 Å². The number of nitrogens with zero attached hydrogens (tertiary/aromatic N) is 4. The Hall–Kier alpha value is -3.08. The van der Waals surface area contributed by atoms with Gasteiger partial charge in [-0.05, 0) is 22.8 Å². The molecule has 0 saturated heterocycles. The second-order valence-electron chi connectivity index (χ2n) is 6.35.